The van der Waals surface area contributed by atoms with E-state index in [9.17, 15) is 13.2 Å². The second kappa shape index (κ2) is 3.54. The molecule has 0 aromatic carbocycles. The van der Waals surface area contributed by atoms with Gasteiger partial charge in [-0.05, 0) is 32.4 Å². The Hall–Kier alpha value is -0.920. The molecule has 1 N–H and O–H groups in total. The molecule has 0 aliphatic carbocycles. The molecule has 1 aromatic heterocycles. The lowest BCUT2D eigenvalue weighted by Crippen LogP contribution is -2.41. The lowest BCUT2D eigenvalue weighted by Gasteiger charge is -2.29. The van der Waals surface area contributed by atoms with Crippen LogP contribution >= 0.6 is 11.3 Å². The summed E-state index contributed by atoms with van der Waals surface area (Å²) in [6, 6.07) is 1.45. The number of hydrogen-bond donors (Lipinski definition) is 1. The van der Waals surface area contributed by atoms with E-state index in [2.05, 4.69) is 0 Å². The fraction of sp³-hybridized carbons (Fsp3) is 0.500. The Balaban J connectivity index is 2.52. The van der Waals surface area contributed by atoms with Crippen molar-refractivity contribution in [3.8, 4) is 0 Å². The SMILES string of the molecule is CC(C)(C)N1Cc2cc(C(=O)O)sc2S1(=O)=O. The van der Waals surface area contributed by atoms with E-state index in [0.717, 1.165) is 11.3 Å². The van der Waals surface area contributed by atoms with Crippen molar-refractivity contribution in [1.82, 2.24) is 4.31 Å². The number of thiophene rings is 1. The van der Waals surface area contributed by atoms with Gasteiger partial charge >= 0.3 is 5.97 Å². The molecule has 0 spiro atoms. The number of sulfonamides is 1. The molecule has 0 radical (unpaired) electrons. The fourth-order valence-corrected chi connectivity index (χ4v) is 5.17. The first-order valence-electron chi connectivity index (χ1n) is 5.03. The first kappa shape index (κ1) is 12.5. The molecule has 1 aliphatic heterocycles. The fourth-order valence-electron chi connectivity index (χ4n) is 1.78. The molecular weight excluding hydrogens is 262 g/mol. The molecule has 0 saturated heterocycles. The minimum atomic E-state index is -3.53. The highest BCUT2D eigenvalue weighted by atomic mass is 32.2. The van der Waals surface area contributed by atoms with E-state index in [1.54, 1.807) is 0 Å². The third-order valence-corrected chi connectivity index (χ3v) is 6.40. The Bertz CT molecular complexity index is 580. The van der Waals surface area contributed by atoms with Gasteiger partial charge in [0.25, 0.3) is 10.0 Å². The van der Waals surface area contributed by atoms with Gasteiger partial charge in [-0.1, -0.05) is 0 Å². The maximum Gasteiger partial charge on any atom is 0.345 e. The quantitative estimate of drug-likeness (QED) is 0.847. The topological polar surface area (TPSA) is 74.7 Å². The molecule has 1 aliphatic rings. The molecule has 0 bridgehead atoms. The van der Waals surface area contributed by atoms with Gasteiger partial charge in [0, 0.05) is 12.1 Å². The van der Waals surface area contributed by atoms with Gasteiger partial charge in [-0.15, -0.1) is 11.3 Å². The molecule has 0 unspecified atom stereocenters. The molecule has 1 aromatic rings. The Morgan fingerprint density at radius 1 is 1.47 bits per heavy atom. The number of fused-ring (bicyclic) bond motifs is 1. The van der Waals surface area contributed by atoms with Crippen LogP contribution in [0, 0.1) is 0 Å². The molecule has 0 fully saturated rings. The van der Waals surface area contributed by atoms with E-state index >= 15 is 0 Å². The summed E-state index contributed by atoms with van der Waals surface area (Å²) in [5, 5.41) is 8.84. The number of aromatic carboxylic acids is 1. The van der Waals surface area contributed by atoms with E-state index in [-0.39, 0.29) is 15.6 Å². The molecular formula is C10H13NO4S2. The van der Waals surface area contributed by atoms with Crippen LogP contribution in [0.3, 0.4) is 0 Å². The highest BCUT2D eigenvalue weighted by Gasteiger charge is 2.43. The van der Waals surface area contributed by atoms with Crippen LogP contribution in [-0.2, 0) is 16.6 Å². The summed E-state index contributed by atoms with van der Waals surface area (Å²) >= 11 is 0.828. The number of hydrogen-bond acceptors (Lipinski definition) is 4. The molecule has 17 heavy (non-hydrogen) atoms. The average Bonchev–Trinajstić information content (AvgIpc) is 2.63. The van der Waals surface area contributed by atoms with Crippen molar-refractivity contribution in [2.75, 3.05) is 0 Å². The Kier molecular flexibility index (Phi) is 2.61. The summed E-state index contributed by atoms with van der Waals surface area (Å²) in [4.78, 5) is 10.9. The van der Waals surface area contributed by atoms with Crippen molar-refractivity contribution in [3.05, 3.63) is 16.5 Å². The molecule has 94 valence electrons. The summed E-state index contributed by atoms with van der Waals surface area (Å²) in [6.45, 7) is 5.71. The molecule has 7 heteroatoms. The monoisotopic (exact) mass is 275 g/mol. The van der Waals surface area contributed by atoms with Crippen molar-refractivity contribution in [1.29, 1.82) is 0 Å². The summed E-state index contributed by atoms with van der Waals surface area (Å²) in [6.07, 6.45) is 0. The summed E-state index contributed by atoms with van der Waals surface area (Å²) in [5.41, 5.74) is 0.0864. The van der Waals surface area contributed by atoms with Crippen LogP contribution in [0.2, 0.25) is 0 Å². The zero-order valence-electron chi connectivity index (χ0n) is 9.72. The van der Waals surface area contributed by atoms with Gasteiger partial charge < -0.3 is 5.11 Å². The van der Waals surface area contributed by atoms with Crippen molar-refractivity contribution < 1.29 is 18.3 Å². The van der Waals surface area contributed by atoms with E-state index < -0.39 is 21.5 Å². The summed E-state index contributed by atoms with van der Waals surface area (Å²) < 4.78 is 26.0. The second-order valence-electron chi connectivity index (χ2n) is 4.91. The zero-order valence-corrected chi connectivity index (χ0v) is 11.4. The lowest BCUT2D eigenvalue weighted by atomic mass is 10.1. The molecule has 2 heterocycles. The third-order valence-electron chi connectivity index (χ3n) is 2.57. The minimum Gasteiger partial charge on any atom is -0.477 e. The van der Waals surface area contributed by atoms with E-state index in [1.807, 2.05) is 20.8 Å². The molecule has 0 atom stereocenters. The highest BCUT2D eigenvalue weighted by Crippen LogP contribution is 2.40. The normalized spacial score (nSPS) is 19.2. The van der Waals surface area contributed by atoms with Crippen LogP contribution in [0.5, 0.6) is 0 Å². The minimum absolute atomic E-state index is 0.0761. The van der Waals surface area contributed by atoms with Gasteiger partial charge in [-0.3, -0.25) is 0 Å². The molecule has 5 nitrogen and oxygen atoms in total. The average molecular weight is 275 g/mol. The first-order chi connectivity index (χ1) is 7.64. The van der Waals surface area contributed by atoms with Crippen LogP contribution in [0.15, 0.2) is 10.3 Å². The summed E-state index contributed by atoms with van der Waals surface area (Å²) in [7, 11) is -3.53. The molecule has 0 saturated carbocycles. The number of nitrogens with zero attached hydrogens (tertiary/aromatic N) is 1. The van der Waals surface area contributed by atoms with Gasteiger partial charge in [0.1, 0.15) is 9.09 Å². The lowest BCUT2D eigenvalue weighted by molar-refractivity contribution is 0.0702. The Morgan fingerprint density at radius 2 is 2.06 bits per heavy atom. The predicted molar refractivity (Wildman–Crippen MR) is 63.8 cm³/mol. The Morgan fingerprint density at radius 3 is 2.47 bits per heavy atom. The number of carboxylic acids is 1. The highest BCUT2D eigenvalue weighted by molar-refractivity contribution is 7.91. The van der Waals surface area contributed by atoms with Crippen molar-refractivity contribution in [2.24, 2.45) is 0 Å². The predicted octanol–water partition coefficient (Wildman–Crippen LogP) is 1.75. The van der Waals surface area contributed by atoms with E-state index in [0.29, 0.717) is 5.56 Å². The smallest absolute Gasteiger partial charge is 0.345 e. The summed E-state index contributed by atoms with van der Waals surface area (Å²) in [5.74, 6) is -1.08. The van der Waals surface area contributed by atoms with Crippen LogP contribution in [0.25, 0.3) is 0 Å². The van der Waals surface area contributed by atoms with Crippen molar-refractivity contribution >= 4 is 27.3 Å². The van der Waals surface area contributed by atoms with Crippen molar-refractivity contribution in [2.45, 2.75) is 37.1 Å². The molecule has 0 amide bonds. The third kappa shape index (κ3) is 1.88. The number of carboxylic acid groups (broad SMARTS) is 1. The van der Waals surface area contributed by atoms with Gasteiger partial charge in [0.05, 0.1) is 0 Å². The number of carbonyl (C=O) groups is 1. The van der Waals surface area contributed by atoms with Gasteiger partial charge in [-0.25, -0.2) is 13.2 Å². The largest absolute Gasteiger partial charge is 0.477 e. The number of rotatable bonds is 1. The zero-order chi connectivity index (χ0) is 13.0. The van der Waals surface area contributed by atoms with Crippen LogP contribution in [-0.4, -0.2) is 29.3 Å². The maximum absolute atomic E-state index is 12.2. The van der Waals surface area contributed by atoms with Gasteiger partial charge in [0.15, 0.2) is 0 Å². The first-order valence-corrected chi connectivity index (χ1v) is 7.28. The van der Waals surface area contributed by atoms with Crippen molar-refractivity contribution in [3.63, 3.8) is 0 Å². The maximum atomic E-state index is 12.2. The van der Waals surface area contributed by atoms with E-state index in [1.165, 1.54) is 10.4 Å². The van der Waals surface area contributed by atoms with Gasteiger partial charge in [0.2, 0.25) is 0 Å². The second-order valence-corrected chi connectivity index (χ2v) is 8.02. The Labute approximate surface area is 104 Å². The van der Waals surface area contributed by atoms with Crippen LogP contribution in [0.1, 0.15) is 36.0 Å². The van der Waals surface area contributed by atoms with Gasteiger partial charge in [-0.2, -0.15) is 4.31 Å². The molecule has 2 rings (SSSR count). The van der Waals surface area contributed by atoms with Crippen LogP contribution in [0.4, 0.5) is 0 Å². The van der Waals surface area contributed by atoms with Crippen LogP contribution < -0.4 is 0 Å². The standard InChI is InChI=1S/C10H13NO4S2/c1-10(2,3)11-5-6-4-7(8(12)13)16-9(6)17(11,14)15/h4H,5H2,1-3H3,(H,12,13). The van der Waals surface area contributed by atoms with E-state index in [4.69, 9.17) is 5.11 Å².